The van der Waals surface area contributed by atoms with Crippen molar-refractivity contribution in [3.63, 3.8) is 0 Å². The van der Waals surface area contributed by atoms with Gasteiger partial charge in [0.15, 0.2) is 11.5 Å². The number of pyridine rings is 1. The highest BCUT2D eigenvalue weighted by atomic mass is 19.4. The lowest BCUT2D eigenvalue weighted by Gasteiger charge is -2.24. The first-order valence-corrected chi connectivity index (χ1v) is 12.3. The third kappa shape index (κ3) is 3.38. The molecule has 0 aliphatic carbocycles. The molecule has 0 bridgehead atoms. The van der Waals surface area contributed by atoms with E-state index in [-0.39, 0.29) is 24.7 Å². The molecule has 7 nitrogen and oxygen atoms in total. The molecule has 1 amide bonds. The number of alkyl halides is 3. The topological polar surface area (TPSA) is 96.0 Å². The van der Waals surface area contributed by atoms with Crippen LogP contribution in [0.3, 0.4) is 0 Å². The van der Waals surface area contributed by atoms with Gasteiger partial charge in [0.25, 0.3) is 0 Å². The lowest BCUT2D eigenvalue weighted by atomic mass is 9.74. The predicted molar refractivity (Wildman–Crippen MR) is 138 cm³/mol. The Labute approximate surface area is 224 Å². The number of aromatic hydroxyl groups is 2. The maximum Gasteiger partial charge on any atom is 0.449 e. The van der Waals surface area contributed by atoms with Crippen LogP contribution in [-0.4, -0.2) is 27.7 Å². The summed E-state index contributed by atoms with van der Waals surface area (Å²) < 4.78 is 50.6. The van der Waals surface area contributed by atoms with Crippen LogP contribution in [0.5, 0.6) is 17.2 Å². The molecule has 0 fully saturated rings. The van der Waals surface area contributed by atoms with E-state index in [1.165, 1.54) is 23.1 Å². The third-order valence-corrected chi connectivity index (χ3v) is 7.51. The standard InChI is InChI=1S/C30H19F3N2O5/c31-30(32,33)26-9-8-18(40-26)14-35-22-7-3-5-19(17-10-16-4-1-2-6-21(16)34-13-17)27(22)29(28(35)38)15-39-25-12-24(37)23(36)11-20(25)29/h1-13,36-37H,14-15H2. The second-order valence-corrected chi connectivity index (χ2v) is 9.80. The predicted octanol–water partition coefficient (Wildman–Crippen LogP) is 6.15. The SMILES string of the molecule is O=C1N(Cc2ccc(C(F)(F)F)o2)c2cccc(-c3cnc4ccccc4c3)c2C12COc1cc(O)c(O)cc12. The molecule has 40 heavy (non-hydrogen) atoms. The van der Waals surface area contributed by atoms with Crippen molar-refractivity contribution in [2.75, 3.05) is 11.5 Å². The number of halogens is 3. The van der Waals surface area contributed by atoms with Crippen LogP contribution >= 0.6 is 0 Å². The Hall–Kier alpha value is -4.99. The van der Waals surface area contributed by atoms with E-state index in [0.717, 1.165) is 22.5 Å². The van der Waals surface area contributed by atoms with Gasteiger partial charge in [-0.2, -0.15) is 13.2 Å². The number of phenolic OH excluding ortho intramolecular Hbond substituents is 2. The van der Waals surface area contributed by atoms with Crippen molar-refractivity contribution >= 4 is 22.5 Å². The zero-order valence-corrected chi connectivity index (χ0v) is 20.6. The molecule has 2 aromatic heterocycles. The maximum atomic E-state index is 14.4. The highest BCUT2D eigenvalue weighted by molar-refractivity contribution is 6.13. The monoisotopic (exact) mass is 544 g/mol. The Morgan fingerprint density at radius 3 is 2.58 bits per heavy atom. The zero-order chi connectivity index (χ0) is 27.8. The van der Waals surface area contributed by atoms with Gasteiger partial charge >= 0.3 is 6.18 Å². The van der Waals surface area contributed by atoms with Crippen molar-refractivity contribution in [3.8, 4) is 28.4 Å². The second-order valence-electron chi connectivity index (χ2n) is 9.80. The lowest BCUT2D eigenvalue weighted by Crippen LogP contribution is -2.42. The number of furan rings is 1. The summed E-state index contributed by atoms with van der Waals surface area (Å²) in [6.07, 6.45) is -2.97. The number of amides is 1. The van der Waals surface area contributed by atoms with Gasteiger partial charge in [-0.25, -0.2) is 0 Å². The van der Waals surface area contributed by atoms with Gasteiger partial charge in [-0.1, -0.05) is 30.3 Å². The maximum absolute atomic E-state index is 14.4. The van der Waals surface area contributed by atoms with E-state index < -0.39 is 34.8 Å². The fourth-order valence-corrected chi connectivity index (χ4v) is 5.71. The van der Waals surface area contributed by atoms with Gasteiger partial charge < -0.3 is 24.3 Å². The Kier molecular flexibility index (Phi) is 4.97. The molecule has 4 heterocycles. The summed E-state index contributed by atoms with van der Waals surface area (Å²) in [6, 6.07) is 19.4. The summed E-state index contributed by atoms with van der Waals surface area (Å²) in [6.45, 7) is -0.403. The number of phenols is 2. The highest BCUT2D eigenvalue weighted by Crippen LogP contribution is 2.57. The van der Waals surface area contributed by atoms with Crippen molar-refractivity contribution in [2.45, 2.75) is 18.1 Å². The fourth-order valence-electron chi connectivity index (χ4n) is 5.71. The molecular formula is C30H19F3N2O5. The molecule has 1 spiro atoms. The molecule has 5 aromatic rings. The molecular weight excluding hydrogens is 525 g/mol. The van der Waals surface area contributed by atoms with Crippen LogP contribution in [0, 0.1) is 0 Å². The summed E-state index contributed by atoms with van der Waals surface area (Å²) >= 11 is 0. The largest absolute Gasteiger partial charge is 0.504 e. The first kappa shape index (κ1) is 24.1. The Balaban J connectivity index is 1.45. The average Bonchev–Trinajstić information content (AvgIpc) is 3.62. The molecule has 200 valence electrons. The third-order valence-electron chi connectivity index (χ3n) is 7.51. The van der Waals surface area contributed by atoms with Crippen LogP contribution in [0.1, 0.15) is 22.6 Å². The van der Waals surface area contributed by atoms with Crippen molar-refractivity contribution in [3.05, 3.63) is 102 Å². The summed E-state index contributed by atoms with van der Waals surface area (Å²) in [5.41, 5.74) is 2.10. The molecule has 2 aliphatic heterocycles. The van der Waals surface area contributed by atoms with Gasteiger partial charge in [0.2, 0.25) is 11.7 Å². The first-order chi connectivity index (χ1) is 19.2. The number of anilines is 1. The number of carbonyl (C=O) groups excluding carboxylic acids is 1. The van der Waals surface area contributed by atoms with Crippen molar-refractivity contribution in [1.29, 1.82) is 0 Å². The van der Waals surface area contributed by atoms with Crippen LogP contribution in [0.25, 0.3) is 22.0 Å². The van der Waals surface area contributed by atoms with Crippen molar-refractivity contribution in [1.82, 2.24) is 4.98 Å². The number of benzene rings is 3. The molecule has 2 aliphatic rings. The van der Waals surface area contributed by atoms with E-state index >= 15 is 0 Å². The number of nitrogens with zero attached hydrogens (tertiary/aromatic N) is 2. The average molecular weight is 544 g/mol. The molecule has 0 saturated heterocycles. The number of hydrogen-bond acceptors (Lipinski definition) is 6. The van der Waals surface area contributed by atoms with Crippen molar-refractivity contribution < 1.29 is 37.3 Å². The van der Waals surface area contributed by atoms with Crippen LogP contribution in [0.4, 0.5) is 18.9 Å². The van der Waals surface area contributed by atoms with Gasteiger partial charge in [-0.05, 0) is 42.0 Å². The van der Waals surface area contributed by atoms with E-state index in [2.05, 4.69) is 4.98 Å². The number of para-hydroxylation sites is 1. The second kappa shape index (κ2) is 8.25. The lowest BCUT2D eigenvalue weighted by molar-refractivity contribution is -0.153. The van der Waals surface area contributed by atoms with E-state index in [9.17, 15) is 28.2 Å². The summed E-state index contributed by atoms with van der Waals surface area (Å²) in [7, 11) is 0. The van der Waals surface area contributed by atoms with Gasteiger partial charge in [0, 0.05) is 40.0 Å². The fraction of sp³-hybridized carbons (Fsp3) is 0.133. The molecule has 0 saturated carbocycles. The summed E-state index contributed by atoms with van der Waals surface area (Å²) in [5, 5.41) is 21.4. The van der Waals surface area contributed by atoms with E-state index in [0.29, 0.717) is 22.4 Å². The Bertz CT molecular complexity index is 1850. The minimum Gasteiger partial charge on any atom is -0.504 e. The zero-order valence-electron chi connectivity index (χ0n) is 20.6. The molecule has 0 radical (unpaired) electrons. The quantitative estimate of drug-likeness (QED) is 0.265. The van der Waals surface area contributed by atoms with Crippen LogP contribution in [-0.2, 0) is 22.9 Å². The van der Waals surface area contributed by atoms with Gasteiger partial charge in [0.1, 0.15) is 23.5 Å². The minimum absolute atomic E-state index is 0.0471. The molecule has 1 atom stereocenters. The number of rotatable bonds is 3. The van der Waals surface area contributed by atoms with Crippen LogP contribution in [0.2, 0.25) is 0 Å². The highest BCUT2D eigenvalue weighted by Gasteiger charge is 2.58. The summed E-state index contributed by atoms with van der Waals surface area (Å²) in [5.74, 6) is -2.27. The number of aromatic nitrogens is 1. The molecule has 2 N–H and O–H groups in total. The number of carbonyl (C=O) groups is 1. The van der Waals surface area contributed by atoms with E-state index in [4.69, 9.17) is 9.15 Å². The van der Waals surface area contributed by atoms with Crippen molar-refractivity contribution in [2.24, 2.45) is 0 Å². The van der Waals surface area contributed by atoms with Crippen LogP contribution in [0.15, 0.2) is 83.4 Å². The minimum atomic E-state index is -4.67. The smallest absolute Gasteiger partial charge is 0.449 e. The first-order valence-electron chi connectivity index (χ1n) is 12.3. The molecule has 7 rings (SSSR count). The molecule has 10 heteroatoms. The van der Waals surface area contributed by atoms with Gasteiger partial charge in [-0.3, -0.25) is 9.78 Å². The number of hydrogen-bond donors (Lipinski definition) is 2. The molecule has 3 aromatic carbocycles. The normalized spacial score (nSPS) is 17.9. The number of fused-ring (bicyclic) bond motifs is 5. The van der Waals surface area contributed by atoms with Gasteiger partial charge in [0.05, 0.1) is 12.1 Å². The summed E-state index contributed by atoms with van der Waals surface area (Å²) in [4.78, 5) is 20.3. The van der Waals surface area contributed by atoms with Gasteiger partial charge in [-0.15, -0.1) is 0 Å². The number of ether oxygens (including phenoxy) is 1. The van der Waals surface area contributed by atoms with E-state index in [1.54, 1.807) is 18.3 Å². The Morgan fingerprint density at radius 2 is 1.77 bits per heavy atom. The van der Waals surface area contributed by atoms with Crippen LogP contribution < -0.4 is 9.64 Å². The van der Waals surface area contributed by atoms with E-state index in [1.807, 2.05) is 36.4 Å². The molecule has 1 unspecified atom stereocenters. The Morgan fingerprint density at radius 1 is 0.975 bits per heavy atom.